The minimum absolute atomic E-state index is 0.102. The molecule has 0 bridgehead atoms. The van der Waals surface area contributed by atoms with Crippen LogP contribution in [0.25, 0.3) is 0 Å². The number of esters is 1. The van der Waals surface area contributed by atoms with E-state index in [1.807, 2.05) is 30.3 Å². The number of halogens is 3. The summed E-state index contributed by atoms with van der Waals surface area (Å²) < 4.78 is 43.2. The third-order valence-electron chi connectivity index (χ3n) is 4.25. The van der Waals surface area contributed by atoms with E-state index >= 15 is 0 Å². The summed E-state index contributed by atoms with van der Waals surface area (Å²) in [7, 11) is 0. The van der Waals surface area contributed by atoms with Gasteiger partial charge in [-0.3, -0.25) is 4.79 Å². The van der Waals surface area contributed by atoms with Crippen LogP contribution in [0, 0.1) is 0 Å². The molecule has 0 aliphatic carbocycles. The van der Waals surface area contributed by atoms with Crippen LogP contribution >= 0.6 is 11.8 Å². The lowest BCUT2D eigenvalue weighted by Crippen LogP contribution is -2.12. The van der Waals surface area contributed by atoms with Gasteiger partial charge in [0.15, 0.2) is 0 Å². The third kappa shape index (κ3) is 6.62. The molecule has 8 heteroatoms. The quantitative estimate of drug-likeness (QED) is 0.439. The number of ether oxygens (including phenoxy) is 1. The number of hydrogen-bond donors (Lipinski definition) is 1. The highest BCUT2D eigenvalue weighted by molar-refractivity contribution is 8.13. The van der Waals surface area contributed by atoms with Crippen molar-refractivity contribution in [1.82, 2.24) is 0 Å². The predicted molar refractivity (Wildman–Crippen MR) is 114 cm³/mol. The zero-order chi connectivity index (χ0) is 22.3. The molecule has 31 heavy (non-hydrogen) atoms. The van der Waals surface area contributed by atoms with E-state index in [1.165, 1.54) is 12.1 Å². The highest BCUT2D eigenvalue weighted by Crippen LogP contribution is 2.29. The highest BCUT2D eigenvalue weighted by atomic mass is 32.2. The second-order valence-corrected chi connectivity index (χ2v) is 7.45. The molecule has 0 radical (unpaired) electrons. The first-order chi connectivity index (χ1) is 14.8. The van der Waals surface area contributed by atoms with Gasteiger partial charge in [0.05, 0.1) is 16.8 Å². The number of carbonyl (C=O) groups is 2. The summed E-state index contributed by atoms with van der Waals surface area (Å²) in [6.07, 6.45) is -4.40. The van der Waals surface area contributed by atoms with Crippen LogP contribution in [0.5, 0.6) is 0 Å². The molecule has 1 N–H and O–H groups in total. The summed E-state index contributed by atoms with van der Waals surface area (Å²) in [5.41, 5.74) is 1.18. The second-order valence-electron chi connectivity index (χ2n) is 6.50. The minimum Gasteiger partial charge on any atom is -0.457 e. The first-order valence-corrected chi connectivity index (χ1v) is 10.2. The van der Waals surface area contributed by atoms with Crippen molar-refractivity contribution in [3.63, 3.8) is 0 Å². The third-order valence-corrected chi connectivity index (χ3v) is 5.09. The van der Waals surface area contributed by atoms with Crippen LogP contribution in [0.15, 0.2) is 78.9 Å². The predicted octanol–water partition coefficient (Wildman–Crippen LogP) is 6.53. The fourth-order valence-corrected chi connectivity index (χ4v) is 3.33. The molecule has 3 aromatic rings. The van der Waals surface area contributed by atoms with Gasteiger partial charge in [-0.25, -0.2) is 4.79 Å². The maximum atomic E-state index is 12.6. The highest BCUT2D eigenvalue weighted by Gasteiger charge is 2.29. The average Bonchev–Trinajstić information content (AvgIpc) is 2.77. The number of alkyl halides is 3. The molecular weight excluding hydrogens is 427 g/mol. The lowest BCUT2D eigenvalue weighted by atomic mass is 10.1. The molecule has 0 spiro atoms. The molecule has 0 unspecified atom stereocenters. The Morgan fingerprint density at radius 3 is 2.16 bits per heavy atom. The van der Waals surface area contributed by atoms with Crippen molar-refractivity contribution in [2.75, 3.05) is 5.32 Å². The number of para-hydroxylation sites is 1. The van der Waals surface area contributed by atoms with Gasteiger partial charge >= 0.3 is 12.1 Å². The Kier molecular flexibility index (Phi) is 7.36. The maximum absolute atomic E-state index is 12.6. The van der Waals surface area contributed by atoms with Crippen molar-refractivity contribution < 1.29 is 27.5 Å². The summed E-state index contributed by atoms with van der Waals surface area (Å²) in [6, 6.07) is 20.3. The molecule has 0 atom stereocenters. The Labute approximate surface area is 181 Å². The van der Waals surface area contributed by atoms with Crippen LogP contribution in [0.4, 0.5) is 23.7 Å². The van der Waals surface area contributed by atoms with E-state index in [2.05, 4.69) is 5.32 Å². The Balaban J connectivity index is 1.57. The van der Waals surface area contributed by atoms with E-state index in [1.54, 1.807) is 24.3 Å². The molecule has 0 saturated heterocycles. The summed E-state index contributed by atoms with van der Waals surface area (Å²) in [5.74, 6) is -0.391. The molecule has 1 amide bonds. The molecule has 160 valence electrons. The normalized spacial score (nSPS) is 11.1. The van der Waals surface area contributed by atoms with Crippen molar-refractivity contribution in [1.29, 1.82) is 0 Å². The first-order valence-electron chi connectivity index (χ1n) is 9.23. The zero-order valence-electron chi connectivity index (χ0n) is 16.2. The lowest BCUT2D eigenvalue weighted by Gasteiger charge is -2.11. The van der Waals surface area contributed by atoms with Crippen LogP contribution in [-0.4, -0.2) is 11.2 Å². The SMILES string of the molecule is O=C(Nc1ccccc1C(=O)OCc1ccccc1)SCc1ccc(C(F)(F)F)cc1. The average molecular weight is 445 g/mol. The molecule has 0 aliphatic rings. The van der Waals surface area contributed by atoms with Gasteiger partial charge < -0.3 is 10.1 Å². The summed E-state index contributed by atoms with van der Waals surface area (Å²) in [4.78, 5) is 24.7. The van der Waals surface area contributed by atoms with Crippen molar-refractivity contribution >= 4 is 28.7 Å². The Morgan fingerprint density at radius 2 is 1.48 bits per heavy atom. The Hall–Kier alpha value is -3.26. The Morgan fingerprint density at radius 1 is 0.839 bits per heavy atom. The van der Waals surface area contributed by atoms with Gasteiger partial charge in [-0.15, -0.1) is 0 Å². The number of carbonyl (C=O) groups excluding carboxylic acids is 2. The lowest BCUT2D eigenvalue weighted by molar-refractivity contribution is -0.137. The van der Waals surface area contributed by atoms with Crippen molar-refractivity contribution in [2.45, 2.75) is 18.5 Å². The molecule has 0 saturated carbocycles. The second kappa shape index (κ2) is 10.2. The van der Waals surface area contributed by atoms with Crippen molar-refractivity contribution in [3.8, 4) is 0 Å². The van der Waals surface area contributed by atoms with Crippen molar-refractivity contribution in [2.24, 2.45) is 0 Å². The van der Waals surface area contributed by atoms with Crippen LogP contribution in [0.1, 0.15) is 27.0 Å². The number of thioether (sulfide) groups is 1. The summed E-state index contributed by atoms with van der Waals surface area (Å²) in [6.45, 7) is 0.102. The van der Waals surface area contributed by atoms with Gasteiger partial charge in [-0.2, -0.15) is 13.2 Å². The molecule has 0 aromatic heterocycles. The van der Waals surface area contributed by atoms with Gasteiger partial charge in [0.25, 0.3) is 5.24 Å². The van der Waals surface area contributed by atoms with E-state index in [-0.39, 0.29) is 17.9 Å². The number of hydrogen-bond acceptors (Lipinski definition) is 4. The van der Waals surface area contributed by atoms with E-state index in [0.29, 0.717) is 11.3 Å². The molecule has 3 rings (SSSR count). The van der Waals surface area contributed by atoms with E-state index < -0.39 is 22.9 Å². The largest absolute Gasteiger partial charge is 0.457 e. The summed E-state index contributed by atoms with van der Waals surface area (Å²) >= 11 is 0.885. The minimum atomic E-state index is -4.40. The first kappa shape index (κ1) is 22.4. The topological polar surface area (TPSA) is 55.4 Å². The summed E-state index contributed by atoms with van der Waals surface area (Å²) in [5, 5.41) is 2.20. The molecule has 3 aromatic carbocycles. The number of benzene rings is 3. The smallest absolute Gasteiger partial charge is 0.416 e. The molecule has 4 nitrogen and oxygen atoms in total. The van der Waals surface area contributed by atoms with Gasteiger partial charge in [0, 0.05) is 5.75 Å². The number of nitrogens with one attached hydrogen (secondary N) is 1. The monoisotopic (exact) mass is 445 g/mol. The molecule has 0 heterocycles. The maximum Gasteiger partial charge on any atom is 0.416 e. The van der Waals surface area contributed by atoms with E-state index in [4.69, 9.17) is 4.74 Å². The molecular formula is C23H18F3NO3S. The van der Waals surface area contributed by atoms with Gasteiger partial charge in [0.1, 0.15) is 6.61 Å². The van der Waals surface area contributed by atoms with Gasteiger partial charge in [-0.05, 0) is 35.4 Å². The van der Waals surface area contributed by atoms with Crippen LogP contribution in [0.2, 0.25) is 0 Å². The van der Waals surface area contributed by atoms with E-state index in [9.17, 15) is 22.8 Å². The fraction of sp³-hybridized carbons (Fsp3) is 0.130. The van der Waals surface area contributed by atoms with Crippen LogP contribution in [-0.2, 0) is 23.3 Å². The fourth-order valence-electron chi connectivity index (χ4n) is 2.66. The van der Waals surface area contributed by atoms with Crippen molar-refractivity contribution in [3.05, 3.63) is 101 Å². The number of anilines is 1. The van der Waals surface area contributed by atoms with Crippen LogP contribution in [0.3, 0.4) is 0 Å². The molecule has 0 fully saturated rings. The van der Waals surface area contributed by atoms with Crippen LogP contribution < -0.4 is 5.32 Å². The zero-order valence-corrected chi connectivity index (χ0v) is 17.0. The number of rotatable bonds is 6. The van der Waals surface area contributed by atoms with Gasteiger partial charge in [0.2, 0.25) is 0 Å². The molecule has 0 aliphatic heterocycles. The standard InChI is InChI=1S/C23H18F3NO3S/c24-23(25,26)18-12-10-17(11-13-18)15-31-22(29)27-20-9-5-4-8-19(20)21(28)30-14-16-6-2-1-3-7-16/h1-13H,14-15H2,(H,27,29). The van der Waals surface area contributed by atoms with Gasteiger partial charge in [-0.1, -0.05) is 66.4 Å². The Bertz CT molecular complexity index is 1040. The van der Waals surface area contributed by atoms with E-state index in [0.717, 1.165) is 29.5 Å². The number of amides is 1.